The minimum absolute atomic E-state index is 0.197. The minimum Gasteiger partial charge on any atom is -0.425 e. The highest BCUT2D eigenvalue weighted by atomic mass is 32.2. The fourth-order valence-corrected chi connectivity index (χ4v) is 3.80. The van der Waals surface area contributed by atoms with Crippen LogP contribution in [0.3, 0.4) is 0 Å². The lowest BCUT2D eigenvalue weighted by atomic mass is 10.1. The molecule has 0 atom stereocenters. The lowest BCUT2D eigenvalue weighted by Crippen LogP contribution is -2.12. The molecule has 142 valence electrons. The molecule has 1 aromatic carbocycles. The Morgan fingerprint density at radius 2 is 2.00 bits per heavy atom. The van der Waals surface area contributed by atoms with Crippen LogP contribution in [-0.2, 0) is 17.0 Å². The van der Waals surface area contributed by atoms with Gasteiger partial charge in [-0.05, 0) is 44.4 Å². The molecule has 27 heavy (non-hydrogen) atoms. The molecule has 6 nitrogen and oxygen atoms in total. The van der Waals surface area contributed by atoms with E-state index in [9.17, 15) is 9.59 Å². The molecule has 0 saturated carbocycles. The number of thioether (sulfide) groups is 1. The van der Waals surface area contributed by atoms with E-state index in [1.54, 1.807) is 6.07 Å². The van der Waals surface area contributed by atoms with E-state index in [1.165, 1.54) is 17.8 Å². The van der Waals surface area contributed by atoms with Gasteiger partial charge in [0.15, 0.2) is 0 Å². The summed E-state index contributed by atoms with van der Waals surface area (Å²) < 4.78 is 15.9. The van der Waals surface area contributed by atoms with Crippen molar-refractivity contribution in [1.82, 2.24) is 5.16 Å². The first-order valence-electron chi connectivity index (χ1n) is 8.66. The lowest BCUT2D eigenvalue weighted by molar-refractivity contribution is -0.131. The normalized spacial score (nSPS) is 11.1. The van der Waals surface area contributed by atoms with Gasteiger partial charge in [0.1, 0.15) is 17.1 Å². The summed E-state index contributed by atoms with van der Waals surface area (Å²) in [5, 5.41) is 4.75. The van der Waals surface area contributed by atoms with Crippen molar-refractivity contribution in [3.8, 4) is 5.75 Å². The predicted molar refractivity (Wildman–Crippen MR) is 104 cm³/mol. The van der Waals surface area contributed by atoms with Crippen LogP contribution in [0.1, 0.15) is 35.1 Å². The van der Waals surface area contributed by atoms with Gasteiger partial charge >= 0.3 is 11.6 Å². The zero-order valence-corrected chi connectivity index (χ0v) is 16.6. The number of nitrogens with zero attached hydrogens (tertiary/aromatic N) is 1. The van der Waals surface area contributed by atoms with Crippen molar-refractivity contribution in [2.45, 2.75) is 39.9 Å². The first kappa shape index (κ1) is 19.2. The fourth-order valence-electron chi connectivity index (χ4n) is 2.86. The summed E-state index contributed by atoms with van der Waals surface area (Å²) in [5.74, 6) is 1.67. The highest BCUT2D eigenvalue weighted by Gasteiger charge is 2.14. The summed E-state index contributed by atoms with van der Waals surface area (Å²) in [5.41, 5.74) is 3.57. The highest BCUT2D eigenvalue weighted by molar-refractivity contribution is 7.99. The maximum Gasteiger partial charge on any atom is 0.336 e. The predicted octanol–water partition coefficient (Wildman–Crippen LogP) is 4.11. The maximum absolute atomic E-state index is 12.3. The van der Waals surface area contributed by atoms with Gasteiger partial charge in [-0.1, -0.05) is 12.1 Å². The third-order valence-electron chi connectivity index (χ3n) is 4.38. The topological polar surface area (TPSA) is 82.5 Å². The van der Waals surface area contributed by atoms with E-state index >= 15 is 0 Å². The second-order valence-electron chi connectivity index (χ2n) is 6.33. The molecule has 0 aliphatic rings. The Morgan fingerprint density at radius 1 is 1.22 bits per heavy atom. The van der Waals surface area contributed by atoms with Gasteiger partial charge in [-0.25, -0.2) is 4.79 Å². The summed E-state index contributed by atoms with van der Waals surface area (Å²) in [7, 11) is 0. The summed E-state index contributed by atoms with van der Waals surface area (Å²) in [6.45, 7) is 7.57. The van der Waals surface area contributed by atoms with Crippen LogP contribution in [0.2, 0.25) is 0 Å². The third kappa shape index (κ3) is 4.24. The van der Waals surface area contributed by atoms with Crippen molar-refractivity contribution in [1.29, 1.82) is 0 Å². The minimum atomic E-state index is -0.420. The van der Waals surface area contributed by atoms with Crippen LogP contribution in [0, 0.1) is 20.8 Å². The fraction of sp³-hybridized carbons (Fsp3) is 0.350. The number of carbonyl (C=O) groups is 1. The Morgan fingerprint density at radius 3 is 2.67 bits per heavy atom. The molecule has 0 N–H and O–H groups in total. The quantitative estimate of drug-likeness (QED) is 0.358. The molecule has 3 aromatic rings. The number of hydrogen-bond acceptors (Lipinski definition) is 7. The molecule has 7 heteroatoms. The van der Waals surface area contributed by atoms with Crippen molar-refractivity contribution in [2.24, 2.45) is 0 Å². The van der Waals surface area contributed by atoms with E-state index in [-0.39, 0.29) is 11.7 Å². The van der Waals surface area contributed by atoms with Crippen LogP contribution in [-0.4, -0.2) is 16.9 Å². The molecule has 0 unspecified atom stereocenters. The molecule has 0 aliphatic heterocycles. The Hall–Kier alpha value is -2.54. The van der Waals surface area contributed by atoms with Crippen LogP contribution in [0.4, 0.5) is 0 Å². The van der Waals surface area contributed by atoms with Crippen molar-refractivity contribution >= 4 is 28.7 Å². The summed E-state index contributed by atoms with van der Waals surface area (Å²) in [4.78, 5) is 23.9. The van der Waals surface area contributed by atoms with E-state index in [0.717, 1.165) is 33.5 Å². The molecular weight excluding hydrogens is 366 g/mol. The van der Waals surface area contributed by atoms with E-state index < -0.39 is 5.63 Å². The van der Waals surface area contributed by atoms with Gasteiger partial charge in [-0.3, -0.25) is 4.79 Å². The van der Waals surface area contributed by atoms with E-state index in [0.29, 0.717) is 23.5 Å². The second kappa shape index (κ2) is 8.00. The Balaban J connectivity index is 1.73. The number of esters is 1. The van der Waals surface area contributed by atoms with Gasteiger partial charge in [0.25, 0.3) is 0 Å². The SMILES string of the molecule is CCc1cc2c(C)cc(=O)oc2cc1OC(=O)CSCc1c(C)noc1C. The molecule has 2 heterocycles. The van der Waals surface area contributed by atoms with Gasteiger partial charge in [0.05, 0.1) is 11.4 Å². The van der Waals surface area contributed by atoms with Crippen molar-refractivity contribution in [2.75, 3.05) is 5.75 Å². The molecule has 0 saturated heterocycles. The van der Waals surface area contributed by atoms with E-state index in [2.05, 4.69) is 5.16 Å². The van der Waals surface area contributed by atoms with Gasteiger partial charge in [-0.2, -0.15) is 0 Å². The lowest BCUT2D eigenvalue weighted by Gasteiger charge is -2.11. The second-order valence-corrected chi connectivity index (χ2v) is 7.31. The largest absolute Gasteiger partial charge is 0.425 e. The number of carbonyl (C=O) groups excluding carboxylic acids is 1. The smallest absolute Gasteiger partial charge is 0.336 e. The average molecular weight is 387 g/mol. The summed E-state index contributed by atoms with van der Waals surface area (Å²) in [6, 6.07) is 4.99. The number of ether oxygens (including phenoxy) is 1. The Kier molecular flexibility index (Phi) is 5.70. The van der Waals surface area contributed by atoms with E-state index in [4.69, 9.17) is 13.7 Å². The number of hydrogen-bond donors (Lipinski definition) is 0. The van der Waals surface area contributed by atoms with Crippen molar-refractivity contribution < 1.29 is 18.5 Å². The van der Waals surface area contributed by atoms with E-state index in [1.807, 2.05) is 33.8 Å². The van der Waals surface area contributed by atoms with Crippen LogP contribution >= 0.6 is 11.8 Å². The van der Waals surface area contributed by atoms with Crippen molar-refractivity contribution in [3.05, 3.63) is 56.8 Å². The number of rotatable bonds is 6. The van der Waals surface area contributed by atoms with Gasteiger partial charge < -0.3 is 13.7 Å². The first-order chi connectivity index (χ1) is 12.9. The molecule has 0 spiro atoms. The van der Waals surface area contributed by atoms with Gasteiger partial charge in [-0.15, -0.1) is 11.8 Å². The molecule has 3 rings (SSSR count). The third-order valence-corrected chi connectivity index (χ3v) is 5.32. The standard InChI is InChI=1S/C20H21NO5S/c1-5-14-7-15-11(2)6-19(22)25-18(15)8-17(14)24-20(23)10-27-9-16-12(3)21-26-13(16)4/h6-8H,5,9-10H2,1-4H3. The zero-order chi connectivity index (χ0) is 19.6. The van der Waals surface area contributed by atoms with Crippen LogP contribution < -0.4 is 10.4 Å². The number of aromatic nitrogens is 1. The number of fused-ring (bicyclic) bond motifs is 1. The van der Waals surface area contributed by atoms with Crippen LogP contribution in [0.25, 0.3) is 11.0 Å². The van der Waals surface area contributed by atoms with Gasteiger partial charge in [0.2, 0.25) is 0 Å². The number of benzene rings is 1. The molecular formula is C20H21NO5S. The molecule has 0 radical (unpaired) electrons. The molecule has 0 aliphatic carbocycles. The first-order valence-corrected chi connectivity index (χ1v) is 9.82. The highest BCUT2D eigenvalue weighted by Crippen LogP contribution is 2.28. The zero-order valence-electron chi connectivity index (χ0n) is 15.8. The molecule has 0 fully saturated rings. The average Bonchev–Trinajstić information content (AvgIpc) is 2.93. The molecule has 2 aromatic heterocycles. The van der Waals surface area contributed by atoms with Crippen LogP contribution in [0.5, 0.6) is 5.75 Å². The van der Waals surface area contributed by atoms with Crippen LogP contribution in [0.15, 0.2) is 31.9 Å². The maximum atomic E-state index is 12.3. The van der Waals surface area contributed by atoms with Gasteiger partial charge in [0, 0.05) is 28.8 Å². The Bertz CT molecular complexity index is 1030. The molecule has 0 amide bonds. The van der Waals surface area contributed by atoms with Crippen molar-refractivity contribution in [3.63, 3.8) is 0 Å². The molecule has 0 bridgehead atoms. The number of aryl methyl sites for hydroxylation is 4. The summed E-state index contributed by atoms with van der Waals surface area (Å²) in [6.07, 6.45) is 0.698. The Labute approximate surface area is 160 Å². The monoisotopic (exact) mass is 387 g/mol. The summed E-state index contributed by atoms with van der Waals surface area (Å²) >= 11 is 1.44.